The van der Waals surface area contributed by atoms with Crippen molar-refractivity contribution in [1.82, 2.24) is 8.75 Å². The van der Waals surface area contributed by atoms with Crippen LogP contribution in [0.1, 0.15) is 21.1 Å². The Morgan fingerprint density at radius 2 is 1.47 bits per heavy atom. The Hall–Kier alpha value is -0.780. The highest BCUT2D eigenvalue weighted by Gasteiger charge is 2.01. The topological polar surface area (TPSA) is 35.0 Å². The van der Waals surface area contributed by atoms with Gasteiger partial charge >= 0.3 is 0 Å². The van der Waals surface area contributed by atoms with Gasteiger partial charge in [-0.1, -0.05) is 0 Å². The third-order valence-electron chi connectivity index (χ3n) is 1.84. The zero-order valence-electron chi connectivity index (χ0n) is 8.69. The minimum Gasteiger partial charge on any atom is -0.370 e. The van der Waals surface area contributed by atoms with Crippen molar-refractivity contribution < 1.29 is 4.74 Å². The Morgan fingerprint density at radius 1 is 1.00 bits per heavy atom. The van der Waals surface area contributed by atoms with E-state index in [-0.39, 0.29) is 0 Å². The molecule has 0 radical (unpaired) electrons. The molecule has 5 heteroatoms. The summed E-state index contributed by atoms with van der Waals surface area (Å²) in [5.41, 5.74) is 2.12. The summed E-state index contributed by atoms with van der Waals surface area (Å²) in [6.07, 6.45) is 0. The zero-order valence-corrected chi connectivity index (χ0v) is 10.3. The van der Waals surface area contributed by atoms with Crippen LogP contribution in [0, 0.1) is 13.8 Å². The maximum atomic E-state index is 5.57. The first kappa shape index (κ1) is 10.7. The summed E-state index contributed by atoms with van der Waals surface area (Å²) in [7, 11) is 0. The first-order chi connectivity index (χ1) is 7.24. The molecule has 2 rings (SSSR count). The van der Waals surface area contributed by atoms with Crippen molar-refractivity contribution in [2.45, 2.75) is 27.1 Å². The second-order valence-corrected chi connectivity index (χ2v) is 5.14. The number of aromatic nitrogens is 2. The van der Waals surface area contributed by atoms with E-state index in [0.29, 0.717) is 13.2 Å². The van der Waals surface area contributed by atoms with E-state index >= 15 is 0 Å². The zero-order chi connectivity index (χ0) is 10.7. The number of hydrogen-bond acceptors (Lipinski definition) is 5. The first-order valence-corrected chi connectivity index (χ1v) is 6.21. The van der Waals surface area contributed by atoms with Gasteiger partial charge in [0.15, 0.2) is 0 Å². The summed E-state index contributed by atoms with van der Waals surface area (Å²) < 4.78 is 14.0. The van der Waals surface area contributed by atoms with E-state index in [1.54, 1.807) is 0 Å². The first-order valence-electron chi connectivity index (χ1n) is 4.66. The molecule has 0 aliphatic carbocycles. The monoisotopic (exact) mass is 240 g/mol. The molecule has 0 N–H and O–H groups in total. The average Bonchev–Trinajstić information content (AvgIpc) is 2.76. The van der Waals surface area contributed by atoms with Crippen LogP contribution in [0.4, 0.5) is 0 Å². The molecule has 2 aromatic rings. The van der Waals surface area contributed by atoms with E-state index in [2.05, 4.69) is 20.9 Å². The molecule has 0 saturated carbocycles. The van der Waals surface area contributed by atoms with Gasteiger partial charge in [0.2, 0.25) is 0 Å². The maximum Gasteiger partial charge on any atom is 0.0830 e. The summed E-state index contributed by atoms with van der Waals surface area (Å²) >= 11 is 3.01. The van der Waals surface area contributed by atoms with Crippen LogP contribution >= 0.6 is 23.1 Å². The van der Waals surface area contributed by atoms with Crippen LogP contribution in [0.3, 0.4) is 0 Å². The molecule has 0 fully saturated rings. The molecule has 0 aliphatic heterocycles. The number of hydrogen-bond donors (Lipinski definition) is 0. The fourth-order valence-electron chi connectivity index (χ4n) is 1.22. The highest BCUT2D eigenvalue weighted by molar-refractivity contribution is 7.06. The van der Waals surface area contributed by atoms with Gasteiger partial charge in [0, 0.05) is 0 Å². The predicted molar refractivity (Wildman–Crippen MR) is 62.2 cm³/mol. The Bertz CT molecular complexity index is 396. The smallest absolute Gasteiger partial charge is 0.0830 e. The van der Waals surface area contributed by atoms with Crippen molar-refractivity contribution in [1.29, 1.82) is 0 Å². The second kappa shape index (κ2) is 4.83. The van der Waals surface area contributed by atoms with Gasteiger partial charge < -0.3 is 4.74 Å². The molecule has 0 amide bonds. The lowest BCUT2D eigenvalue weighted by molar-refractivity contribution is 0.111. The van der Waals surface area contributed by atoms with E-state index < -0.39 is 0 Å². The molecular formula is C10H12N2OS2. The van der Waals surface area contributed by atoms with Crippen LogP contribution < -0.4 is 0 Å². The molecular weight excluding hydrogens is 228 g/mol. The van der Waals surface area contributed by atoms with Gasteiger partial charge in [-0.05, 0) is 49.0 Å². The summed E-state index contributed by atoms with van der Waals surface area (Å²) in [5.74, 6) is 0. The van der Waals surface area contributed by atoms with Crippen LogP contribution in [-0.2, 0) is 18.0 Å². The molecule has 0 aliphatic rings. The Balaban J connectivity index is 1.80. The standard InChI is InChI=1S/C10H12N2OS2/c1-7-3-9(14-11-7)5-13-6-10-4-8(2)12-15-10/h3-4H,5-6H2,1-2H3. The SMILES string of the molecule is Cc1cc(COCc2cc(C)ns2)sn1. The van der Waals surface area contributed by atoms with Gasteiger partial charge in [-0.15, -0.1) is 0 Å². The van der Waals surface area contributed by atoms with Crippen molar-refractivity contribution >= 4 is 23.1 Å². The van der Waals surface area contributed by atoms with Gasteiger partial charge in [0.1, 0.15) is 0 Å². The van der Waals surface area contributed by atoms with Crippen LogP contribution in [0.25, 0.3) is 0 Å². The minimum atomic E-state index is 0.641. The van der Waals surface area contributed by atoms with Crippen molar-refractivity contribution in [3.8, 4) is 0 Å². The van der Waals surface area contributed by atoms with Gasteiger partial charge in [-0.3, -0.25) is 0 Å². The molecule has 0 saturated heterocycles. The van der Waals surface area contributed by atoms with Gasteiger partial charge in [-0.25, -0.2) is 0 Å². The minimum absolute atomic E-state index is 0.641. The number of nitrogens with zero attached hydrogens (tertiary/aromatic N) is 2. The molecule has 3 nitrogen and oxygen atoms in total. The van der Waals surface area contributed by atoms with Crippen molar-refractivity contribution in [2.75, 3.05) is 0 Å². The largest absolute Gasteiger partial charge is 0.370 e. The van der Waals surface area contributed by atoms with Gasteiger partial charge in [0.05, 0.1) is 34.4 Å². The van der Waals surface area contributed by atoms with Crippen LogP contribution in [0.2, 0.25) is 0 Å². The van der Waals surface area contributed by atoms with E-state index in [1.807, 2.05) is 13.8 Å². The summed E-state index contributed by atoms with van der Waals surface area (Å²) in [6.45, 7) is 5.27. The lowest BCUT2D eigenvalue weighted by Gasteiger charge is -1.97. The van der Waals surface area contributed by atoms with Crippen molar-refractivity contribution in [2.24, 2.45) is 0 Å². The van der Waals surface area contributed by atoms with E-state index in [4.69, 9.17) is 4.74 Å². The molecule has 0 spiro atoms. The molecule has 2 aromatic heterocycles. The molecule has 0 bridgehead atoms. The van der Waals surface area contributed by atoms with Crippen LogP contribution in [-0.4, -0.2) is 8.75 Å². The number of ether oxygens (including phenoxy) is 1. The third-order valence-corrected chi connectivity index (χ3v) is 3.54. The van der Waals surface area contributed by atoms with E-state index in [0.717, 1.165) is 11.4 Å². The summed E-state index contributed by atoms with van der Waals surface area (Å²) in [5, 5.41) is 0. The lowest BCUT2D eigenvalue weighted by atomic mass is 10.4. The highest BCUT2D eigenvalue weighted by Crippen LogP contribution is 2.14. The molecule has 0 unspecified atom stereocenters. The average molecular weight is 240 g/mol. The summed E-state index contributed by atoms with van der Waals surface area (Å²) in [4.78, 5) is 2.35. The molecule has 0 aromatic carbocycles. The quantitative estimate of drug-likeness (QED) is 0.824. The molecule has 2 heterocycles. The van der Waals surface area contributed by atoms with Crippen LogP contribution in [0.15, 0.2) is 12.1 Å². The van der Waals surface area contributed by atoms with E-state index in [9.17, 15) is 0 Å². The van der Waals surface area contributed by atoms with Crippen molar-refractivity contribution in [3.05, 3.63) is 33.3 Å². The summed E-state index contributed by atoms with van der Waals surface area (Å²) in [6, 6.07) is 4.12. The van der Waals surface area contributed by atoms with Crippen LogP contribution in [0.5, 0.6) is 0 Å². The van der Waals surface area contributed by atoms with Crippen molar-refractivity contribution in [3.63, 3.8) is 0 Å². The normalized spacial score (nSPS) is 10.8. The Labute approximate surface area is 97.1 Å². The fraction of sp³-hybridized carbons (Fsp3) is 0.400. The molecule has 15 heavy (non-hydrogen) atoms. The second-order valence-electron chi connectivity index (χ2n) is 3.36. The molecule has 80 valence electrons. The maximum absolute atomic E-state index is 5.57. The number of aryl methyl sites for hydroxylation is 2. The third kappa shape index (κ3) is 3.09. The lowest BCUT2D eigenvalue weighted by Crippen LogP contribution is -1.89. The number of rotatable bonds is 4. The fourth-order valence-corrected chi connectivity index (χ4v) is 2.57. The van der Waals surface area contributed by atoms with E-state index in [1.165, 1.54) is 32.8 Å². The Morgan fingerprint density at radius 3 is 1.80 bits per heavy atom. The van der Waals surface area contributed by atoms with Gasteiger partial charge in [-0.2, -0.15) is 8.75 Å². The highest BCUT2D eigenvalue weighted by atomic mass is 32.1. The predicted octanol–water partition coefficient (Wildman–Crippen LogP) is 2.93. The van der Waals surface area contributed by atoms with Gasteiger partial charge in [0.25, 0.3) is 0 Å². The molecule has 0 atom stereocenters. The Kier molecular flexibility index (Phi) is 3.45.